The topological polar surface area (TPSA) is 80.0 Å². The normalized spacial score (nSPS) is 19.1. The Balaban J connectivity index is 1.48. The average molecular weight is 316 g/mol. The number of rotatable bonds is 6. The van der Waals surface area contributed by atoms with Gasteiger partial charge >= 0.3 is 0 Å². The van der Waals surface area contributed by atoms with Gasteiger partial charge in [0.05, 0.1) is 17.9 Å². The van der Waals surface area contributed by atoms with Gasteiger partial charge in [-0.25, -0.2) is 0 Å². The van der Waals surface area contributed by atoms with Crippen molar-refractivity contribution in [1.82, 2.24) is 30.3 Å². The maximum absolute atomic E-state index is 5.18. The second-order valence-electron chi connectivity index (χ2n) is 6.06. The molecule has 124 valence electrons. The SMILES string of the molecule is CCc1nc(CN2CCCC(NCc3cnc(C)cn3)C2)no1. The highest BCUT2D eigenvalue weighted by Gasteiger charge is 2.21. The van der Waals surface area contributed by atoms with E-state index in [9.17, 15) is 0 Å². The molecular weight excluding hydrogens is 292 g/mol. The van der Waals surface area contributed by atoms with Crippen LogP contribution in [0.25, 0.3) is 0 Å². The fraction of sp³-hybridized carbons (Fsp3) is 0.625. The zero-order valence-corrected chi connectivity index (χ0v) is 13.8. The molecule has 0 amide bonds. The molecule has 1 saturated heterocycles. The van der Waals surface area contributed by atoms with Crippen molar-refractivity contribution >= 4 is 0 Å². The van der Waals surface area contributed by atoms with Crippen LogP contribution in [0.1, 0.15) is 42.9 Å². The maximum atomic E-state index is 5.18. The second-order valence-corrected chi connectivity index (χ2v) is 6.06. The summed E-state index contributed by atoms with van der Waals surface area (Å²) in [4.78, 5) is 15.4. The van der Waals surface area contributed by atoms with E-state index in [1.165, 1.54) is 12.8 Å². The quantitative estimate of drug-likeness (QED) is 0.864. The van der Waals surface area contributed by atoms with E-state index < -0.39 is 0 Å². The minimum atomic E-state index is 0.462. The summed E-state index contributed by atoms with van der Waals surface area (Å²) in [6, 6.07) is 0.462. The van der Waals surface area contributed by atoms with Crippen LogP contribution < -0.4 is 5.32 Å². The van der Waals surface area contributed by atoms with Gasteiger partial charge in [0.1, 0.15) is 0 Å². The van der Waals surface area contributed by atoms with Crippen LogP contribution in [0, 0.1) is 6.92 Å². The number of hydrogen-bond donors (Lipinski definition) is 1. The monoisotopic (exact) mass is 316 g/mol. The standard InChI is InChI=1S/C16H24N6O/c1-3-16-20-15(21-23-16)11-22-6-4-5-13(10-22)19-9-14-8-17-12(2)7-18-14/h7-8,13,19H,3-6,9-11H2,1-2H3. The summed E-state index contributed by atoms with van der Waals surface area (Å²) in [7, 11) is 0. The summed E-state index contributed by atoms with van der Waals surface area (Å²) in [6.45, 7) is 7.56. The van der Waals surface area contributed by atoms with E-state index in [4.69, 9.17) is 4.52 Å². The molecule has 1 N–H and O–H groups in total. The summed E-state index contributed by atoms with van der Waals surface area (Å²) in [5, 5.41) is 7.62. The molecule has 0 aromatic carbocycles. The number of nitrogens with one attached hydrogen (secondary N) is 1. The molecule has 0 bridgehead atoms. The third kappa shape index (κ3) is 4.56. The fourth-order valence-electron chi connectivity index (χ4n) is 2.82. The number of hydrogen-bond acceptors (Lipinski definition) is 7. The smallest absolute Gasteiger partial charge is 0.226 e. The molecule has 1 fully saturated rings. The predicted molar refractivity (Wildman–Crippen MR) is 85.6 cm³/mol. The number of likely N-dealkylation sites (tertiary alicyclic amines) is 1. The molecule has 3 rings (SSSR count). The number of aromatic nitrogens is 4. The second kappa shape index (κ2) is 7.61. The molecule has 0 saturated carbocycles. The maximum Gasteiger partial charge on any atom is 0.226 e. The molecule has 1 unspecified atom stereocenters. The molecule has 2 aromatic heterocycles. The Morgan fingerprint density at radius 3 is 3.00 bits per heavy atom. The molecule has 0 spiro atoms. The first-order valence-corrected chi connectivity index (χ1v) is 8.27. The lowest BCUT2D eigenvalue weighted by atomic mass is 10.1. The van der Waals surface area contributed by atoms with Crippen molar-refractivity contribution in [2.45, 2.75) is 52.2 Å². The number of piperidine rings is 1. The van der Waals surface area contributed by atoms with Crippen molar-refractivity contribution in [2.75, 3.05) is 13.1 Å². The molecule has 0 radical (unpaired) electrons. The highest BCUT2D eigenvalue weighted by molar-refractivity contribution is 5.00. The van der Waals surface area contributed by atoms with Crippen LogP contribution >= 0.6 is 0 Å². The van der Waals surface area contributed by atoms with Crippen molar-refractivity contribution < 1.29 is 4.52 Å². The molecule has 7 nitrogen and oxygen atoms in total. The Hall–Kier alpha value is -1.86. The van der Waals surface area contributed by atoms with Crippen molar-refractivity contribution in [3.8, 4) is 0 Å². The predicted octanol–water partition coefficient (Wildman–Crippen LogP) is 1.48. The zero-order chi connectivity index (χ0) is 16.1. The summed E-state index contributed by atoms with van der Waals surface area (Å²) in [5.74, 6) is 1.50. The molecule has 1 atom stereocenters. The Bertz CT molecular complexity index is 611. The molecular formula is C16H24N6O. The van der Waals surface area contributed by atoms with Gasteiger partial charge in [-0.05, 0) is 26.3 Å². The van der Waals surface area contributed by atoms with Crippen LogP contribution in [-0.2, 0) is 19.5 Å². The third-order valence-corrected chi connectivity index (χ3v) is 4.09. The van der Waals surface area contributed by atoms with Crippen molar-refractivity contribution in [3.05, 3.63) is 35.5 Å². The summed E-state index contributed by atoms with van der Waals surface area (Å²) in [5.41, 5.74) is 1.93. The van der Waals surface area contributed by atoms with Crippen LogP contribution in [0.4, 0.5) is 0 Å². The zero-order valence-electron chi connectivity index (χ0n) is 13.8. The minimum Gasteiger partial charge on any atom is -0.339 e. The molecule has 23 heavy (non-hydrogen) atoms. The van der Waals surface area contributed by atoms with Crippen LogP contribution in [0.15, 0.2) is 16.9 Å². The first-order chi connectivity index (χ1) is 11.2. The Morgan fingerprint density at radius 2 is 2.26 bits per heavy atom. The van der Waals surface area contributed by atoms with Crippen LogP contribution in [0.5, 0.6) is 0 Å². The Kier molecular flexibility index (Phi) is 5.30. The van der Waals surface area contributed by atoms with E-state index in [1.54, 1.807) is 0 Å². The first-order valence-electron chi connectivity index (χ1n) is 8.27. The summed E-state index contributed by atoms with van der Waals surface area (Å²) < 4.78 is 5.18. The number of aryl methyl sites for hydroxylation is 2. The van der Waals surface area contributed by atoms with Gasteiger partial charge in [0.15, 0.2) is 5.82 Å². The largest absolute Gasteiger partial charge is 0.339 e. The molecule has 0 aliphatic carbocycles. The van der Waals surface area contributed by atoms with Gasteiger partial charge in [-0.1, -0.05) is 12.1 Å². The Morgan fingerprint density at radius 1 is 1.35 bits per heavy atom. The van der Waals surface area contributed by atoms with Crippen molar-refractivity contribution in [1.29, 1.82) is 0 Å². The molecule has 1 aliphatic rings. The van der Waals surface area contributed by atoms with Gasteiger partial charge in [-0.2, -0.15) is 4.98 Å². The van der Waals surface area contributed by atoms with Crippen LogP contribution in [0.3, 0.4) is 0 Å². The highest BCUT2D eigenvalue weighted by Crippen LogP contribution is 2.13. The van der Waals surface area contributed by atoms with Crippen LogP contribution in [0.2, 0.25) is 0 Å². The van der Waals surface area contributed by atoms with E-state index in [-0.39, 0.29) is 0 Å². The van der Waals surface area contributed by atoms with Gasteiger partial charge in [0.25, 0.3) is 0 Å². The molecule has 1 aliphatic heterocycles. The van der Waals surface area contributed by atoms with E-state index in [2.05, 4.69) is 30.3 Å². The summed E-state index contributed by atoms with van der Waals surface area (Å²) in [6.07, 6.45) is 6.80. The Labute approximate surface area is 136 Å². The molecule has 2 aromatic rings. The number of nitrogens with zero attached hydrogens (tertiary/aromatic N) is 5. The van der Waals surface area contributed by atoms with Gasteiger partial charge in [-0.3, -0.25) is 14.9 Å². The first kappa shape index (κ1) is 16.0. The van der Waals surface area contributed by atoms with Crippen LogP contribution in [-0.4, -0.2) is 44.1 Å². The van der Waals surface area contributed by atoms with E-state index >= 15 is 0 Å². The molecule has 3 heterocycles. The highest BCUT2D eigenvalue weighted by atomic mass is 16.5. The van der Waals surface area contributed by atoms with Gasteiger partial charge in [0, 0.05) is 37.9 Å². The van der Waals surface area contributed by atoms with Gasteiger partial charge in [0.2, 0.25) is 5.89 Å². The molecule has 7 heteroatoms. The minimum absolute atomic E-state index is 0.462. The van der Waals surface area contributed by atoms with Crippen molar-refractivity contribution in [3.63, 3.8) is 0 Å². The fourth-order valence-corrected chi connectivity index (χ4v) is 2.82. The summed E-state index contributed by atoms with van der Waals surface area (Å²) >= 11 is 0. The van der Waals surface area contributed by atoms with E-state index in [0.717, 1.165) is 49.8 Å². The average Bonchev–Trinajstić information content (AvgIpc) is 3.02. The third-order valence-electron chi connectivity index (χ3n) is 4.09. The lowest BCUT2D eigenvalue weighted by Crippen LogP contribution is -2.45. The van der Waals surface area contributed by atoms with Gasteiger partial charge in [-0.15, -0.1) is 0 Å². The van der Waals surface area contributed by atoms with Gasteiger partial charge < -0.3 is 9.84 Å². The van der Waals surface area contributed by atoms with Crippen molar-refractivity contribution in [2.24, 2.45) is 0 Å². The lowest BCUT2D eigenvalue weighted by Gasteiger charge is -2.32. The lowest BCUT2D eigenvalue weighted by molar-refractivity contribution is 0.177. The van der Waals surface area contributed by atoms with E-state index in [1.807, 2.05) is 26.2 Å². The van der Waals surface area contributed by atoms with E-state index in [0.29, 0.717) is 11.9 Å².